The van der Waals surface area contributed by atoms with Crippen LogP contribution in [0, 0.1) is 0 Å². The molecule has 2 aliphatic heterocycles. The van der Waals surface area contributed by atoms with Gasteiger partial charge in [-0.2, -0.15) is 0 Å². The number of aliphatic hydroxyl groups is 2. The highest BCUT2D eigenvalue weighted by Gasteiger charge is 2.89. The first-order valence-corrected chi connectivity index (χ1v) is 7.96. The lowest BCUT2D eigenvalue weighted by molar-refractivity contribution is -0.219. The zero-order valence-electron chi connectivity index (χ0n) is 13.5. The summed E-state index contributed by atoms with van der Waals surface area (Å²) in [6, 6.07) is 8.61. The fraction of sp³-hybridized carbons (Fsp3) is 0.588. The fourth-order valence-corrected chi connectivity index (χ4v) is 3.72. The second-order valence-corrected chi connectivity index (χ2v) is 6.91. The third-order valence-electron chi connectivity index (χ3n) is 4.99. The van der Waals surface area contributed by atoms with Crippen molar-refractivity contribution in [1.29, 1.82) is 0 Å². The second-order valence-electron chi connectivity index (χ2n) is 6.91. The first-order valence-electron chi connectivity index (χ1n) is 7.96. The molecule has 7 nitrogen and oxygen atoms in total. The molecule has 2 saturated heterocycles. The number of carbonyl (C=O) groups excluding carboxylic acids is 1. The van der Waals surface area contributed by atoms with Crippen LogP contribution >= 0.6 is 0 Å². The molecule has 2 N–H and O–H groups in total. The van der Waals surface area contributed by atoms with Crippen LogP contribution in [0.4, 0.5) is 0 Å². The molecular weight excluding hydrogens is 316 g/mol. The number of carbonyl (C=O) groups is 1. The van der Waals surface area contributed by atoms with Gasteiger partial charge in [0.15, 0.2) is 17.7 Å². The fourth-order valence-electron chi connectivity index (χ4n) is 3.72. The van der Waals surface area contributed by atoms with E-state index in [1.165, 1.54) is 0 Å². The molecule has 1 saturated carbocycles. The molecular formula is C17H20O7. The Labute approximate surface area is 139 Å². The molecule has 130 valence electrons. The summed E-state index contributed by atoms with van der Waals surface area (Å²) in [5.74, 6) is -1.34. The van der Waals surface area contributed by atoms with Crippen LogP contribution in [0.25, 0.3) is 0 Å². The van der Waals surface area contributed by atoms with E-state index in [0.29, 0.717) is 5.56 Å². The van der Waals surface area contributed by atoms with Crippen LogP contribution in [0.5, 0.6) is 0 Å². The van der Waals surface area contributed by atoms with Gasteiger partial charge >= 0.3 is 5.97 Å². The smallest absolute Gasteiger partial charge is 0.338 e. The normalized spacial score (nSPS) is 41.6. The minimum Gasteiger partial charge on any atom is -0.462 e. The first-order chi connectivity index (χ1) is 11.3. The van der Waals surface area contributed by atoms with E-state index >= 15 is 0 Å². The monoisotopic (exact) mass is 336 g/mol. The van der Waals surface area contributed by atoms with Crippen LogP contribution in [0.15, 0.2) is 30.3 Å². The largest absolute Gasteiger partial charge is 0.462 e. The van der Waals surface area contributed by atoms with Crippen molar-refractivity contribution in [1.82, 2.24) is 0 Å². The summed E-state index contributed by atoms with van der Waals surface area (Å²) in [5.41, 5.74) is -2.31. The number of hydrogen-bond acceptors (Lipinski definition) is 7. The van der Waals surface area contributed by atoms with E-state index in [9.17, 15) is 15.0 Å². The highest BCUT2D eigenvalue weighted by molar-refractivity contribution is 5.89. The van der Waals surface area contributed by atoms with Gasteiger partial charge in [0.25, 0.3) is 0 Å². The molecule has 7 heteroatoms. The maximum atomic E-state index is 11.9. The number of fused-ring (bicyclic) bond motifs is 3. The highest BCUT2D eigenvalue weighted by Crippen LogP contribution is 2.65. The Morgan fingerprint density at radius 1 is 1.21 bits per heavy atom. The topological polar surface area (TPSA) is 94.5 Å². The highest BCUT2D eigenvalue weighted by atomic mass is 16.9. The van der Waals surface area contributed by atoms with Crippen LogP contribution in [0.2, 0.25) is 0 Å². The van der Waals surface area contributed by atoms with E-state index in [-0.39, 0.29) is 13.0 Å². The molecule has 5 atom stereocenters. The Bertz CT molecular complexity index is 660. The van der Waals surface area contributed by atoms with Crippen molar-refractivity contribution in [2.75, 3.05) is 6.61 Å². The summed E-state index contributed by atoms with van der Waals surface area (Å²) in [4.78, 5) is 11.9. The van der Waals surface area contributed by atoms with E-state index in [0.717, 1.165) is 0 Å². The lowest BCUT2D eigenvalue weighted by Gasteiger charge is -2.21. The van der Waals surface area contributed by atoms with Crippen LogP contribution in [-0.2, 0) is 18.9 Å². The quantitative estimate of drug-likeness (QED) is 0.777. The summed E-state index contributed by atoms with van der Waals surface area (Å²) in [6.07, 6.45) is -2.44. The zero-order chi connectivity index (χ0) is 17.2. The average Bonchev–Trinajstić information content (AvgIpc) is 2.80. The van der Waals surface area contributed by atoms with Gasteiger partial charge in [-0.3, -0.25) is 0 Å². The molecule has 1 aromatic carbocycles. The number of rotatable bonds is 4. The lowest BCUT2D eigenvalue weighted by atomic mass is 10.1. The van der Waals surface area contributed by atoms with E-state index in [2.05, 4.69) is 0 Å². The summed E-state index contributed by atoms with van der Waals surface area (Å²) in [7, 11) is 0. The minimum atomic E-state index is -1.54. The molecule has 1 aromatic rings. The number of ether oxygens (including phenoxy) is 4. The standard InChI is InChI=1S/C17H20O7/c1-15(2)22-11-13(23-15)24-16(14(19)17(11,16)20)8-9-21-12(18)10-6-4-3-5-7-10/h3-7,11,13-14,19-20H,8-9H2,1-2H3/t11-,13-,14?,16+,17-/m0/s1. The molecule has 0 aromatic heterocycles. The number of aliphatic hydroxyl groups excluding tert-OH is 1. The molecule has 2 heterocycles. The van der Waals surface area contributed by atoms with Crippen LogP contribution in [0.1, 0.15) is 30.6 Å². The van der Waals surface area contributed by atoms with Gasteiger partial charge in [0.05, 0.1) is 12.2 Å². The molecule has 3 fully saturated rings. The lowest BCUT2D eigenvalue weighted by Crippen LogP contribution is -2.37. The molecule has 24 heavy (non-hydrogen) atoms. The third-order valence-corrected chi connectivity index (χ3v) is 4.99. The van der Waals surface area contributed by atoms with E-state index < -0.39 is 41.5 Å². The summed E-state index contributed by atoms with van der Waals surface area (Å²) in [5, 5.41) is 21.0. The SMILES string of the molecule is CC1(C)O[C@H]2O[C@]3(CCOC(=O)c4ccccc4)C(O)[C@@]3(O)[C@H]2O1. The summed E-state index contributed by atoms with van der Waals surface area (Å²) in [6.45, 7) is 3.45. The van der Waals surface area contributed by atoms with Crippen molar-refractivity contribution in [3.8, 4) is 0 Å². The van der Waals surface area contributed by atoms with E-state index in [1.54, 1.807) is 38.1 Å². The maximum absolute atomic E-state index is 11.9. The minimum absolute atomic E-state index is 0.00985. The summed E-state index contributed by atoms with van der Waals surface area (Å²) >= 11 is 0. The Hall–Kier alpha value is -1.51. The Kier molecular flexibility index (Phi) is 3.33. The molecule has 0 amide bonds. The molecule has 0 radical (unpaired) electrons. The van der Waals surface area contributed by atoms with Crippen LogP contribution < -0.4 is 0 Å². The summed E-state index contributed by atoms with van der Waals surface area (Å²) < 4.78 is 22.2. The van der Waals surface area contributed by atoms with E-state index in [4.69, 9.17) is 18.9 Å². The molecule has 0 bridgehead atoms. The van der Waals surface area contributed by atoms with Crippen LogP contribution in [-0.4, -0.2) is 58.3 Å². The van der Waals surface area contributed by atoms with Gasteiger partial charge in [-0.1, -0.05) is 18.2 Å². The molecule has 1 aliphatic carbocycles. The van der Waals surface area contributed by atoms with Gasteiger partial charge in [-0.15, -0.1) is 0 Å². The van der Waals surface area contributed by atoms with Crippen molar-refractivity contribution >= 4 is 5.97 Å². The number of esters is 1. The Balaban J connectivity index is 1.39. The van der Waals surface area contributed by atoms with Crippen LogP contribution in [0.3, 0.4) is 0 Å². The first kappa shape index (κ1) is 16.0. The van der Waals surface area contributed by atoms with Gasteiger partial charge in [0.1, 0.15) is 17.8 Å². The Morgan fingerprint density at radius 3 is 2.62 bits per heavy atom. The predicted molar refractivity (Wildman–Crippen MR) is 79.9 cm³/mol. The van der Waals surface area contributed by atoms with Gasteiger partial charge < -0.3 is 29.2 Å². The number of hydrogen-bond donors (Lipinski definition) is 2. The molecule has 4 rings (SSSR count). The Morgan fingerprint density at radius 2 is 1.92 bits per heavy atom. The number of benzene rings is 1. The van der Waals surface area contributed by atoms with Gasteiger partial charge in [-0.05, 0) is 26.0 Å². The van der Waals surface area contributed by atoms with Gasteiger partial charge in [0.2, 0.25) is 0 Å². The third kappa shape index (κ3) is 2.06. The maximum Gasteiger partial charge on any atom is 0.338 e. The van der Waals surface area contributed by atoms with Crippen molar-refractivity contribution in [2.24, 2.45) is 0 Å². The predicted octanol–water partition coefficient (Wildman–Crippen LogP) is 0.586. The van der Waals surface area contributed by atoms with Gasteiger partial charge in [-0.25, -0.2) is 4.79 Å². The van der Waals surface area contributed by atoms with Crippen molar-refractivity contribution in [3.05, 3.63) is 35.9 Å². The molecule has 0 spiro atoms. The zero-order valence-corrected chi connectivity index (χ0v) is 13.5. The van der Waals surface area contributed by atoms with Crippen molar-refractivity contribution < 1.29 is 34.0 Å². The van der Waals surface area contributed by atoms with E-state index in [1.807, 2.05) is 6.07 Å². The van der Waals surface area contributed by atoms with Crippen molar-refractivity contribution in [2.45, 2.75) is 55.8 Å². The molecule has 3 aliphatic rings. The van der Waals surface area contributed by atoms with Gasteiger partial charge in [0, 0.05) is 6.42 Å². The average molecular weight is 336 g/mol. The van der Waals surface area contributed by atoms with Crippen molar-refractivity contribution in [3.63, 3.8) is 0 Å². The molecule has 1 unspecified atom stereocenters. The second kappa shape index (κ2) is 5.00.